The van der Waals surface area contributed by atoms with E-state index < -0.39 is 10.8 Å². The van der Waals surface area contributed by atoms with Gasteiger partial charge in [-0.15, -0.1) is 0 Å². The monoisotopic (exact) mass is 195 g/mol. The van der Waals surface area contributed by atoms with Gasteiger partial charge in [-0.1, -0.05) is 0 Å². The fourth-order valence-corrected chi connectivity index (χ4v) is 1.24. The first kappa shape index (κ1) is 10.1. The molecule has 1 heterocycles. The van der Waals surface area contributed by atoms with Crippen molar-refractivity contribution < 1.29 is 9.72 Å². The van der Waals surface area contributed by atoms with Gasteiger partial charge in [0.15, 0.2) is 0 Å². The first-order valence-electron chi connectivity index (χ1n) is 3.85. The molecule has 0 fully saturated rings. The topological polar surface area (TPSA) is 99.1 Å². The predicted octanol–water partition coefficient (Wildman–Crippen LogP) is 0.706. The average Bonchev–Trinajstić information content (AvgIpc) is 2.02. The van der Waals surface area contributed by atoms with Crippen LogP contribution in [-0.2, 0) is 0 Å². The molecular formula is C8H9N3O3. The van der Waals surface area contributed by atoms with E-state index in [1.807, 2.05) is 0 Å². The fourth-order valence-electron chi connectivity index (χ4n) is 1.24. The van der Waals surface area contributed by atoms with Crippen molar-refractivity contribution in [2.45, 2.75) is 13.8 Å². The third kappa shape index (κ3) is 1.54. The third-order valence-electron chi connectivity index (χ3n) is 1.94. The van der Waals surface area contributed by atoms with E-state index in [0.717, 1.165) is 0 Å². The van der Waals surface area contributed by atoms with Gasteiger partial charge in [0.25, 0.3) is 11.6 Å². The summed E-state index contributed by atoms with van der Waals surface area (Å²) in [5, 5.41) is 10.6. The van der Waals surface area contributed by atoms with Gasteiger partial charge in [-0.3, -0.25) is 19.9 Å². The van der Waals surface area contributed by atoms with Crippen LogP contribution in [0.15, 0.2) is 6.20 Å². The highest BCUT2D eigenvalue weighted by atomic mass is 16.6. The van der Waals surface area contributed by atoms with Crippen molar-refractivity contribution in [1.29, 1.82) is 0 Å². The summed E-state index contributed by atoms with van der Waals surface area (Å²) in [7, 11) is 0. The zero-order valence-electron chi connectivity index (χ0n) is 7.77. The van der Waals surface area contributed by atoms with Gasteiger partial charge in [0.2, 0.25) is 0 Å². The van der Waals surface area contributed by atoms with Crippen LogP contribution < -0.4 is 5.73 Å². The molecule has 0 saturated heterocycles. The number of primary amides is 1. The Labute approximate surface area is 79.9 Å². The Bertz CT molecular complexity index is 415. The molecule has 1 rings (SSSR count). The Kier molecular flexibility index (Phi) is 2.46. The van der Waals surface area contributed by atoms with Crippen LogP contribution in [0.4, 0.5) is 5.69 Å². The molecule has 14 heavy (non-hydrogen) atoms. The number of amides is 1. The standard InChI is InChI=1S/C8H9N3O3/c1-4-6(8(9)12)3-10-5(2)7(4)11(13)14/h3H,1-2H3,(H2,9,12). The number of nitro groups is 1. The number of carbonyl (C=O) groups is 1. The molecule has 0 spiro atoms. The van der Waals surface area contributed by atoms with E-state index in [-0.39, 0.29) is 22.5 Å². The number of aryl methyl sites for hydroxylation is 1. The van der Waals surface area contributed by atoms with Crippen LogP contribution in [-0.4, -0.2) is 15.8 Å². The molecular weight excluding hydrogens is 186 g/mol. The number of hydrogen-bond donors (Lipinski definition) is 1. The maximum Gasteiger partial charge on any atom is 0.294 e. The van der Waals surface area contributed by atoms with E-state index >= 15 is 0 Å². The van der Waals surface area contributed by atoms with Crippen LogP contribution in [0.2, 0.25) is 0 Å². The van der Waals surface area contributed by atoms with Crippen LogP contribution in [0.25, 0.3) is 0 Å². The molecule has 0 radical (unpaired) electrons. The van der Waals surface area contributed by atoms with Crippen LogP contribution in [0.3, 0.4) is 0 Å². The molecule has 74 valence electrons. The van der Waals surface area contributed by atoms with E-state index in [1.54, 1.807) is 0 Å². The van der Waals surface area contributed by atoms with Crippen molar-refractivity contribution in [3.63, 3.8) is 0 Å². The summed E-state index contributed by atoms with van der Waals surface area (Å²) >= 11 is 0. The molecule has 0 aliphatic heterocycles. The second kappa shape index (κ2) is 3.41. The summed E-state index contributed by atoms with van der Waals surface area (Å²) in [5.41, 5.74) is 5.50. The SMILES string of the molecule is Cc1ncc(C(N)=O)c(C)c1[N+](=O)[O-]. The smallest absolute Gasteiger partial charge is 0.294 e. The summed E-state index contributed by atoms with van der Waals surface area (Å²) in [6, 6.07) is 0. The van der Waals surface area contributed by atoms with Gasteiger partial charge in [0.1, 0.15) is 5.69 Å². The Morgan fingerprint density at radius 3 is 2.57 bits per heavy atom. The van der Waals surface area contributed by atoms with E-state index in [0.29, 0.717) is 0 Å². The largest absolute Gasteiger partial charge is 0.366 e. The van der Waals surface area contributed by atoms with Gasteiger partial charge < -0.3 is 5.73 Å². The van der Waals surface area contributed by atoms with Gasteiger partial charge in [-0.05, 0) is 13.8 Å². The lowest BCUT2D eigenvalue weighted by Crippen LogP contribution is -2.14. The maximum atomic E-state index is 10.9. The van der Waals surface area contributed by atoms with Gasteiger partial charge >= 0.3 is 0 Å². The highest BCUT2D eigenvalue weighted by Crippen LogP contribution is 2.23. The molecule has 0 aliphatic carbocycles. The summed E-state index contributed by atoms with van der Waals surface area (Å²) in [6.07, 6.45) is 1.25. The van der Waals surface area contributed by atoms with Crippen LogP contribution in [0.5, 0.6) is 0 Å². The molecule has 0 aliphatic rings. The van der Waals surface area contributed by atoms with E-state index in [1.165, 1.54) is 20.0 Å². The Morgan fingerprint density at radius 2 is 2.14 bits per heavy atom. The summed E-state index contributed by atoms with van der Waals surface area (Å²) in [5.74, 6) is -0.710. The Balaban J connectivity index is 3.49. The molecule has 0 saturated carbocycles. The summed E-state index contributed by atoms with van der Waals surface area (Å²) in [6.45, 7) is 2.99. The molecule has 1 amide bonds. The lowest BCUT2D eigenvalue weighted by molar-refractivity contribution is -0.386. The third-order valence-corrected chi connectivity index (χ3v) is 1.94. The highest BCUT2D eigenvalue weighted by molar-refractivity contribution is 5.95. The number of nitrogens with two attached hydrogens (primary N) is 1. The molecule has 0 atom stereocenters. The summed E-state index contributed by atoms with van der Waals surface area (Å²) in [4.78, 5) is 24.7. The Morgan fingerprint density at radius 1 is 1.57 bits per heavy atom. The second-order valence-electron chi connectivity index (χ2n) is 2.85. The van der Waals surface area contributed by atoms with Crippen molar-refractivity contribution in [3.05, 3.63) is 33.1 Å². The minimum atomic E-state index is -0.710. The van der Waals surface area contributed by atoms with Gasteiger partial charge in [0.05, 0.1) is 10.5 Å². The van der Waals surface area contributed by atoms with Crippen molar-refractivity contribution >= 4 is 11.6 Å². The Hall–Kier alpha value is -1.98. The fraction of sp³-hybridized carbons (Fsp3) is 0.250. The molecule has 1 aromatic heterocycles. The zero-order chi connectivity index (χ0) is 10.9. The number of rotatable bonds is 2. The van der Waals surface area contributed by atoms with Crippen LogP contribution in [0.1, 0.15) is 21.6 Å². The molecule has 2 N–H and O–H groups in total. The molecule has 0 unspecified atom stereocenters. The lowest BCUT2D eigenvalue weighted by Gasteiger charge is -2.03. The number of hydrogen-bond acceptors (Lipinski definition) is 4. The van der Waals surface area contributed by atoms with Crippen molar-refractivity contribution in [3.8, 4) is 0 Å². The van der Waals surface area contributed by atoms with E-state index in [4.69, 9.17) is 5.73 Å². The van der Waals surface area contributed by atoms with Crippen molar-refractivity contribution in [2.24, 2.45) is 5.73 Å². The van der Waals surface area contributed by atoms with E-state index in [9.17, 15) is 14.9 Å². The second-order valence-corrected chi connectivity index (χ2v) is 2.85. The zero-order valence-corrected chi connectivity index (χ0v) is 7.77. The minimum Gasteiger partial charge on any atom is -0.366 e. The molecule has 1 aromatic rings. The quantitative estimate of drug-likeness (QED) is 0.554. The summed E-state index contributed by atoms with van der Waals surface area (Å²) < 4.78 is 0. The maximum absolute atomic E-state index is 10.9. The normalized spacial score (nSPS) is 9.86. The molecule has 6 nitrogen and oxygen atoms in total. The van der Waals surface area contributed by atoms with Crippen molar-refractivity contribution in [1.82, 2.24) is 4.98 Å². The number of pyridine rings is 1. The molecule has 0 bridgehead atoms. The number of aromatic nitrogens is 1. The van der Waals surface area contributed by atoms with Gasteiger partial charge in [-0.25, -0.2) is 0 Å². The molecule has 6 heteroatoms. The number of nitrogens with zero attached hydrogens (tertiary/aromatic N) is 2. The van der Waals surface area contributed by atoms with Gasteiger partial charge in [-0.2, -0.15) is 0 Å². The minimum absolute atomic E-state index is 0.0855. The van der Waals surface area contributed by atoms with Gasteiger partial charge in [0, 0.05) is 11.8 Å². The van der Waals surface area contributed by atoms with Crippen LogP contribution >= 0.6 is 0 Å². The predicted molar refractivity (Wildman–Crippen MR) is 48.9 cm³/mol. The van der Waals surface area contributed by atoms with E-state index in [2.05, 4.69) is 4.98 Å². The average molecular weight is 195 g/mol. The highest BCUT2D eigenvalue weighted by Gasteiger charge is 2.20. The lowest BCUT2D eigenvalue weighted by atomic mass is 10.1. The number of carbonyl (C=O) groups excluding carboxylic acids is 1. The first-order chi connectivity index (χ1) is 6.45. The van der Waals surface area contributed by atoms with Crippen molar-refractivity contribution in [2.75, 3.05) is 0 Å². The molecule has 0 aromatic carbocycles. The van der Waals surface area contributed by atoms with Crippen LogP contribution in [0, 0.1) is 24.0 Å². The first-order valence-corrected chi connectivity index (χ1v) is 3.85.